The predicted octanol–water partition coefficient (Wildman–Crippen LogP) is 6.79. The van der Waals surface area contributed by atoms with Gasteiger partial charge in [0.15, 0.2) is 34.3 Å². The molecule has 0 saturated carbocycles. The van der Waals surface area contributed by atoms with Crippen LogP contribution in [0.15, 0.2) is 60.9 Å². The SMILES string of the molecule is COc1c([C@H]2[C@H](C(=O)Nc3ccnc(C(N)=O)c3)O[C@@](C)(C(F)(F)F)[C@H]2C)ccc(F)c1F.C[C@H]1[C@@H](c2ccc(F)c(F)c2O)[C@H](C(=O)Nc2ccnc(C(N)=O)c2)O[C@@]1(C)C(F)(F)F. The Balaban J connectivity index is 0.000000244. The number of anilines is 2. The van der Waals surface area contributed by atoms with E-state index >= 15 is 0 Å². The topological polar surface area (TPSA) is 218 Å². The van der Waals surface area contributed by atoms with Crippen molar-refractivity contribution in [1.82, 2.24) is 9.97 Å². The van der Waals surface area contributed by atoms with E-state index in [1.807, 2.05) is 0 Å². The molecular formula is C41H38F10N6O8. The molecule has 65 heavy (non-hydrogen) atoms. The summed E-state index contributed by atoms with van der Waals surface area (Å²) in [6, 6.07) is 8.12. The second-order valence-electron chi connectivity index (χ2n) is 15.3. The van der Waals surface area contributed by atoms with Gasteiger partial charge in [0, 0.05) is 58.6 Å². The first-order chi connectivity index (χ1) is 30.1. The van der Waals surface area contributed by atoms with Crippen molar-refractivity contribution in [3.63, 3.8) is 0 Å². The van der Waals surface area contributed by atoms with Crippen molar-refractivity contribution in [3.8, 4) is 11.5 Å². The zero-order valence-electron chi connectivity index (χ0n) is 34.4. The summed E-state index contributed by atoms with van der Waals surface area (Å²) in [6.45, 7) is 3.84. The zero-order valence-corrected chi connectivity index (χ0v) is 34.4. The molecule has 7 N–H and O–H groups in total. The van der Waals surface area contributed by atoms with Crippen LogP contribution in [-0.4, -0.2) is 81.6 Å². The smallest absolute Gasteiger partial charge is 0.417 e. The standard InChI is InChI=1S/C21H20F5N3O4.C20H18F5N3O4/c1-9-14(11-4-5-12(22)15(23)16(11)32-3)17(33-20(9,2)21(24,25)26)19(31)29-10-6-7-28-13(8-10)18(27)30;1-8-13(10-3-4-11(21)14(22)15(10)29)16(32-19(8,2)20(23,24)25)18(31)28-9-5-6-27-12(7-9)17(26)30/h4-9,14,17H,1-3H3,(H2,27,30)(H,28,29,31);3-8,13,16,29H,1-2H3,(H2,26,30)(H,27,28,31)/t9-,14-,17+,20+;8-,13-,16+,19+/m00/s1. The number of methoxy groups -OCH3 is 1. The number of aromatic hydroxyl groups is 1. The highest BCUT2D eigenvalue weighted by Crippen LogP contribution is 2.56. The monoisotopic (exact) mass is 932 g/mol. The number of rotatable bonds is 9. The number of nitrogens with two attached hydrogens (primary N) is 2. The average molecular weight is 933 g/mol. The fraction of sp³-hybridized carbons (Fsp3) is 0.366. The molecule has 0 spiro atoms. The van der Waals surface area contributed by atoms with Gasteiger partial charge in [-0.25, -0.2) is 8.78 Å². The van der Waals surface area contributed by atoms with Crippen LogP contribution < -0.4 is 26.8 Å². The minimum atomic E-state index is -4.93. The van der Waals surface area contributed by atoms with E-state index in [1.165, 1.54) is 25.3 Å². The fourth-order valence-electron chi connectivity index (χ4n) is 7.60. The Labute approximate surface area is 361 Å². The first-order valence-corrected chi connectivity index (χ1v) is 18.9. The first kappa shape index (κ1) is 49.5. The van der Waals surface area contributed by atoms with E-state index in [2.05, 4.69) is 20.6 Å². The van der Waals surface area contributed by atoms with Gasteiger partial charge >= 0.3 is 12.4 Å². The van der Waals surface area contributed by atoms with Crippen molar-refractivity contribution in [2.75, 3.05) is 17.7 Å². The molecule has 0 bridgehead atoms. The Kier molecular flexibility index (Phi) is 13.8. The van der Waals surface area contributed by atoms with Crippen LogP contribution in [0.25, 0.3) is 0 Å². The van der Waals surface area contributed by atoms with Gasteiger partial charge in [0.25, 0.3) is 23.6 Å². The average Bonchev–Trinajstić information content (AvgIpc) is 3.68. The lowest BCUT2D eigenvalue weighted by Gasteiger charge is -2.32. The molecule has 350 valence electrons. The normalized spacial score (nSPS) is 25.3. The summed E-state index contributed by atoms with van der Waals surface area (Å²) in [5, 5.41) is 14.7. The summed E-state index contributed by atoms with van der Waals surface area (Å²) in [5.74, 6) is -17.2. The first-order valence-electron chi connectivity index (χ1n) is 18.9. The highest BCUT2D eigenvalue weighted by atomic mass is 19.4. The molecule has 8 atom stereocenters. The van der Waals surface area contributed by atoms with Crippen molar-refractivity contribution in [3.05, 3.63) is 107 Å². The lowest BCUT2D eigenvalue weighted by atomic mass is 9.77. The van der Waals surface area contributed by atoms with E-state index in [1.54, 1.807) is 0 Å². The Morgan fingerprint density at radius 2 is 1.06 bits per heavy atom. The number of primary amides is 2. The lowest BCUT2D eigenvalue weighted by molar-refractivity contribution is -0.272. The van der Waals surface area contributed by atoms with Gasteiger partial charge < -0.3 is 41.4 Å². The molecule has 24 heteroatoms. The van der Waals surface area contributed by atoms with Gasteiger partial charge in [0.1, 0.15) is 23.6 Å². The van der Waals surface area contributed by atoms with Gasteiger partial charge in [-0.2, -0.15) is 35.1 Å². The molecule has 2 saturated heterocycles. The number of aromatic nitrogens is 2. The van der Waals surface area contributed by atoms with Gasteiger partial charge in [-0.05, 0) is 50.2 Å². The van der Waals surface area contributed by atoms with Crippen LogP contribution in [0.4, 0.5) is 55.3 Å². The van der Waals surface area contributed by atoms with Crippen molar-refractivity contribution >= 4 is 35.0 Å². The van der Waals surface area contributed by atoms with E-state index in [0.717, 1.165) is 64.4 Å². The third-order valence-corrected chi connectivity index (χ3v) is 11.5. The zero-order chi connectivity index (χ0) is 48.7. The highest BCUT2D eigenvalue weighted by molar-refractivity contribution is 5.98. The van der Waals surface area contributed by atoms with E-state index < -0.39 is 123 Å². The summed E-state index contributed by atoms with van der Waals surface area (Å²) >= 11 is 0. The molecule has 4 heterocycles. The summed E-state index contributed by atoms with van der Waals surface area (Å²) in [7, 11) is 1.03. The summed E-state index contributed by atoms with van der Waals surface area (Å²) < 4.78 is 154. The Morgan fingerprint density at radius 1 is 0.677 bits per heavy atom. The van der Waals surface area contributed by atoms with Crippen LogP contribution in [0.5, 0.6) is 11.5 Å². The number of carbonyl (C=O) groups is 4. The van der Waals surface area contributed by atoms with Crippen molar-refractivity contribution in [1.29, 1.82) is 0 Å². The molecule has 0 radical (unpaired) electrons. The van der Waals surface area contributed by atoms with Crippen molar-refractivity contribution in [2.24, 2.45) is 23.3 Å². The minimum Gasteiger partial charge on any atom is -0.505 e. The number of hydrogen-bond donors (Lipinski definition) is 5. The van der Waals surface area contributed by atoms with Crippen LogP contribution in [0.2, 0.25) is 0 Å². The van der Waals surface area contributed by atoms with Crippen LogP contribution in [0.1, 0.15) is 71.6 Å². The number of nitrogens with zero attached hydrogens (tertiary/aromatic N) is 2. The van der Waals surface area contributed by atoms with Crippen molar-refractivity contribution in [2.45, 2.75) is 75.3 Å². The third kappa shape index (κ3) is 9.35. The number of ether oxygens (including phenoxy) is 3. The number of halogens is 10. The number of nitrogens with one attached hydrogen (secondary N) is 2. The van der Waals surface area contributed by atoms with Crippen LogP contribution >= 0.6 is 0 Å². The molecule has 4 amide bonds. The van der Waals surface area contributed by atoms with Crippen molar-refractivity contribution < 1.29 is 82.4 Å². The highest BCUT2D eigenvalue weighted by Gasteiger charge is 2.67. The number of pyridine rings is 2. The Hall–Kier alpha value is -6.56. The summed E-state index contributed by atoms with van der Waals surface area (Å²) in [5.41, 5.74) is 3.68. The van der Waals surface area contributed by atoms with Crippen LogP contribution in [0, 0.1) is 35.1 Å². The van der Waals surface area contributed by atoms with E-state index in [9.17, 15) is 68.2 Å². The molecule has 14 nitrogen and oxygen atoms in total. The number of phenolic OH excluding ortho intramolecular Hbond substituents is 1. The number of carbonyl (C=O) groups excluding carboxylic acids is 4. The molecule has 2 fully saturated rings. The van der Waals surface area contributed by atoms with Gasteiger partial charge in [-0.1, -0.05) is 26.0 Å². The Morgan fingerprint density at radius 3 is 1.45 bits per heavy atom. The molecule has 4 aromatic rings. The van der Waals surface area contributed by atoms with E-state index in [4.69, 9.17) is 25.7 Å². The second-order valence-corrected chi connectivity index (χ2v) is 15.3. The number of hydrogen-bond acceptors (Lipinski definition) is 10. The molecule has 2 aromatic carbocycles. The van der Waals surface area contributed by atoms with Gasteiger partial charge in [0.2, 0.25) is 11.6 Å². The number of amides is 4. The minimum absolute atomic E-state index is 0.0103. The summed E-state index contributed by atoms with van der Waals surface area (Å²) in [4.78, 5) is 55.9. The number of benzene rings is 2. The lowest BCUT2D eigenvalue weighted by Crippen LogP contribution is -2.47. The number of phenols is 1. The third-order valence-electron chi connectivity index (χ3n) is 11.5. The maximum atomic E-state index is 14.4. The predicted molar refractivity (Wildman–Crippen MR) is 206 cm³/mol. The van der Waals surface area contributed by atoms with E-state index in [-0.39, 0.29) is 28.3 Å². The van der Waals surface area contributed by atoms with Gasteiger partial charge in [-0.15, -0.1) is 0 Å². The van der Waals surface area contributed by atoms with Crippen LogP contribution in [-0.2, 0) is 19.1 Å². The molecule has 6 rings (SSSR count). The molecule has 0 unspecified atom stereocenters. The van der Waals surface area contributed by atoms with Crippen LogP contribution in [0.3, 0.4) is 0 Å². The number of alkyl halides is 6. The molecule has 2 aliphatic heterocycles. The molecular weight excluding hydrogens is 894 g/mol. The second kappa shape index (κ2) is 18.1. The molecule has 2 aliphatic rings. The largest absolute Gasteiger partial charge is 0.505 e. The van der Waals surface area contributed by atoms with Gasteiger partial charge in [0.05, 0.1) is 7.11 Å². The Bertz CT molecular complexity index is 2510. The summed E-state index contributed by atoms with van der Waals surface area (Å²) in [6.07, 6.45) is -11.1. The van der Waals surface area contributed by atoms with Gasteiger partial charge in [-0.3, -0.25) is 29.1 Å². The van der Waals surface area contributed by atoms with E-state index in [0.29, 0.717) is 6.07 Å². The quantitative estimate of drug-likeness (QED) is 0.111. The maximum Gasteiger partial charge on any atom is 0.417 e. The molecule has 0 aliphatic carbocycles. The maximum absolute atomic E-state index is 14.4. The fourth-order valence-corrected chi connectivity index (χ4v) is 7.60. The molecule has 2 aromatic heterocycles.